The number of rotatable bonds is 1. The van der Waals surface area contributed by atoms with Crippen LogP contribution >= 0.6 is 12.2 Å². The van der Waals surface area contributed by atoms with Crippen LogP contribution in [0.25, 0.3) is 0 Å². The van der Waals surface area contributed by atoms with Crippen molar-refractivity contribution in [1.29, 1.82) is 0 Å². The zero-order valence-electron chi connectivity index (χ0n) is 8.82. The first-order chi connectivity index (χ1) is 5.66. The largest absolute Gasteiger partial charge is 1.00 e. The summed E-state index contributed by atoms with van der Waals surface area (Å²) in [5, 5.41) is 0. The van der Waals surface area contributed by atoms with Crippen molar-refractivity contribution in [2.75, 3.05) is 0 Å². The van der Waals surface area contributed by atoms with Crippen molar-refractivity contribution in [3.63, 3.8) is 0 Å². The van der Waals surface area contributed by atoms with Gasteiger partial charge in [-0.05, 0) is 12.0 Å². The van der Waals surface area contributed by atoms with Gasteiger partial charge in [0.15, 0.2) is 0 Å². The smallest absolute Gasteiger partial charge is 0.570 e. The molecule has 0 aliphatic rings. The summed E-state index contributed by atoms with van der Waals surface area (Å²) in [6.45, 7) is 2.16. The third-order valence-corrected chi connectivity index (χ3v) is 1.25. The molecule has 0 heterocycles. The van der Waals surface area contributed by atoms with E-state index in [2.05, 4.69) is 68.7 Å². The van der Waals surface area contributed by atoms with Gasteiger partial charge in [0.2, 0.25) is 0 Å². The molecular formula is C9H10Na2S3. The molecule has 0 saturated carbocycles. The Bertz CT molecular complexity index is 223. The van der Waals surface area contributed by atoms with Gasteiger partial charge >= 0.3 is 59.1 Å². The van der Waals surface area contributed by atoms with Crippen molar-refractivity contribution in [1.82, 2.24) is 0 Å². The summed E-state index contributed by atoms with van der Waals surface area (Å²) in [7, 11) is 0. The molecule has 0 aliphatic heterocycles. The second kappa shape index (κ2) is 14.8. The van der Waals surface area contributed by atoms with Gasteiger partial charge < -0.3 is 37.5 Å². The van der Waals surface area contributed by atoms with Crippen molar-refractivity contribution >= 4 is 41.0 Å². The van der Waals surface area contributed by atoms with Crippen molar-refractivity contribution in [2.45, 2.75) is 13.3 Å². The second-order valence-electron chi connectivity index (χ2n) is 2.09. The summed E-state index contributed by atoms with van der Waals surface area (Å²) in [5.41, 5.74) is 1.41. The van der Waals surface area contributed by atoms with E-state index in [0.717, 1.165) is 6.42 Å². The molecule has 1 aromatic carbocycles. The first-order valence-electron chi connectivity index (χ1n) is 3.58. The molecule has 14 heavy (non-hydrogen) atoms. The average molecular weight is 260 g/mol. The van der Waals surface area contributed by atoms with Crippen LogP contribution in [0.15, 0.2) is 30.3 Å². The van der Waals surface area contributed by atoms with Crippen molar-refractivity contribution < 1.29 is 59.1 Å². The summed E-state index contributed by atoms with van der Waals surface area (Å²) < 4.78 is 0.167. The van der Waals surface area contributed by atoms with Crippen LogP contribution in [0.4, 0.5) is 0 Å². The van der Waals surface area contributed by atoms with E-state index in [1.54, 1.807) is 0 Å². The Morgan fingerprint density at radius 1 is 1.14 bits per heavy atom. The Balaban J connectivity index is -0.000000180. The fourth-order valence-corrected chi connectivity index (χ4v) is 0.714. The third-order valence-electron chi connectivity index (χ3n) is 1.25. The molecule has 1 rings (SSSR count). The normalized spacial score (nSPS) is 6.93. The molecule has 0 aliphatic carbocycles. The van der Waals surface area contributed by atoms with Crippen LogP contribution in [0.3, 0.4) is 0 Å². The summed E-state index contributed by atoms with van der Waals surface area (Å²) in [4.78, 5) is 0. The molecule has 0 atom stereocenters. The number of hydrogen-bond donors (Lipinski definition) is 0. The van der Waals surface area contributed by atoms with Crippen LogP contribution in [0, 0.1) is 0 Å². The van der Waals surface area contributed by atoms with Crippen LogP contribution in [-0.4, -0.2) is 3.53 Å². The van der Waals surface area contributed by atoms with Gasteiger partial charge in [-0.1, -0.05) is 37.3 Å². The zero-order chi connectivity index (χ0) is 9.40. The fraction of sp³-hybridized carbons (Fsp3) is 0.222. The van der Waals surface area contributed by atoms with Gasteiger partial charge in [0.1, 0.15) is 0 Å². The summed E-state index contributed by atoms with van der Waals surface area (Å²) in [6, 6.07) is 10.5. The molecule has 66 valence electrons. The standard InChI is InChI=1S/C8H10.CH2S3.2Na/c1-2-8-6-4-3-5-7-8;2-1(3)4;;/h3-7H,2H2,1H3;(H2,2,3,4);;/q;;2*+1/p-2. The van der Waals surface area contributed by atoms with Gasteiger partial charge in [-0.2, -0.15) is 0 Å². The van der Waals surface area contributed by atoms with Crippen LogP contribution < -0.4 is 59.1 Å². The number of thiocarbonyl (C=S) groups is 1. The molecule has 0 radical (unpaired) electrons. The number of benzene rings is 1. The number of hydrogen-bond acceptors (Lipinski definition) is 3. The monoisotopic (exact) mass is 260 g/mol. The fourth-order valence-electron chi connectivity index (χ4n) is 0.714. The van der Waals surface area contributed by atoms with E-state index in [9.17, 15) is 0 Å². The Morgan fingerprint density at radius 2 is 1.50 bits per heavy atom. The molecule has 0 nitrogen and oxygen atoms in total. The Kier molecular flexibility index (Phi) is 22.2. The molecule has 0 amide bonds. The molecule has 5 heteroatoms. The van der Waals surface area contributed by atoms with Gasteiger partial charge in [0.05, 0.1) is 0 Å². The van der Waals surface area contributed by atoms with Crippen molar-refractivity contribution in [3.05, 3.63) is 35.9 Å². The quantitative estimate of drug-likeness (QED) is 0.294. The molecule has 0 unspecified atom stereocenters. The minimum absolute atomic E-state index is 0. The predicted molar refractivity (Wildman–Crippen MR) is 63.1 cm³/mol. The van der Waals surface area contributed by atoms with E-state index >= 15 is 0 Å². The Labute approximate surface area is 147 Å². The molecule has 0 bridgehead atoms. The Morgan fingerprint density at radius 3 is 1.71 bits per heavy atom. The SMILES string of the molecule is CCc1ccccc1.S=C([S-])[S-].[Na+].[Na+]. The summed E-state index contributed by atoms with van der Waals surface area (Å²) in [5.74, 6) is 0. The van der Waals surface area contributed by atoms with Crippen LogP contribution in [-0.2, 0) is 31.7 Å². The Hall–Kier alpha value is 1.75. The van der Waals surface area contributed by atoms with Crippen LogP contribution in [0.5, 0.6) is 0 Å². The topological polar surface area (TPSA) is 0 Å². The van der Waals surface area contributed by atoms with Gasteiger partial charge in [-0.25, -0.2) is 0 Å². The summed E-state index contributed by atoms with van der Waals surface area (Å²) in [6.07, 6.45) is 1.14. The van der Waals surface area contributed by atoms with E-state index in [1.807, 2.05) is 6.07 Å². The van der Waals surface area contributed by atoms with Gasteiger partial charge in [-0.15, -0.1) is 0 Å². The van der Waals surface area contributed by atoms with Gasteiger partial charge in [-0.3, -0.25) is 3.53 Å². The van der Waals surface area contributed by atoms with E-state index in [1.165, 1.54) is 5.56 Å². The molecule has 0 saturated heterocycles. The van der Waals surface area contributed by atoms with Crippen LogP contribution in [0.2, 0.25) is 0 Å². The third kappa shape index (κ3) is 16.2. The first-order valence-corrected chi connectivity index (χ1v) is 4.81. The second-order valence-corrected chi connectivity index (χ2v) is 4.09. The van der Waals surface area contributed by atoms with E-state index < -0.39 is 0 Å². The molecule has 1 aromatic rings. The maximum absolute atomic E-state index is 4.17. The molecule has 0 aromatic heterocycles. The van der Waals surface area contributed by atoms with Crippen LogP contribution in [0.1, 0.15) is 12.5 Å². The molecular weight excluding hydrogens is 250 g/mol. The number of aryl methyl sites for hydroxylation is 1. The minimum atomic E-state index is 0. The predicted octanol–water partition coefficient (Wildman–Crippen LogP) is -3.38. The van der Waals surface area contributed by atoms with E-state index in [4.69, 9.17) is 0 Å². The summed E-state index contributed by atoms with van der Waals surface area (Å²) >= 11 is 12.5. The molecule has 0 N–H and O–H groups in total. The van der Waals surface area contributed by atoms with Gasteiger partial charge in [0.25, 0.3) is 0 Å². The minimum Gasteiger partial charge on any atom is -0.570 e. The average Bonchev–Trinajstić information content (AvgIpc) is 2.05. The maximum atomic E-state index is 4.17. The van der Waals surface area contributed by atoms with Gasteiger partial charge in [0, 0.05) is 0 Å². The zero-order valence-corrected chi connectivity index (χ0v) is 15.3. The van der Waals surface area contributed by atoms with E-state index in [0.29, 0.717) is 0 Å². The molecule has 0 spiro atoms. The van der Waals surface area contributed by atoms with E-state index in [-0.39, 0.29) is 62.6 Å². The maximum Gasteiger partial charge on any atom is 1.00 e. The van der Waals surface area contributed by atoms with Crippen molar-refractivity contribution in [2.24, 2.45) is 0 Å². The first kappa shape index (κ1) is 21.1. The molecule has 0 fully saturated rings. The van der Waals surface area contributed by atoms with Crippen molar-refractivity contribution in [3.8, 4) is 0 Å².